The van der Waals surface area contributed by atoms with Crippen LogP contribution < -0.4 is 10.5 Å². The molecule has 144 valence electrons. The summed E-state index contributed by atoms with van der Waals surface area (Å²) in [5, 5.41) is 3.05. The molecule has 6 nitrogen and oxygen atoms in total. The number of anilines is 2. The molecule has 0 aliphatic rings. The minimum absolute atomic E-state index is 0.0662. The maximum Gasteiger partial charge on any atom is 0.453 e. The summed E-state index contributed by atoms with van der Waals surface area (Å²) in [4.78, 5) is 2.97. The molecule has 1 atom stereocenters. The van der Waals surface area contributed by atoms with Crippen LogP contribution in [0.25, 0.3) is 5.69 Å². The first-order valence-corrected chi connectivity index (χ1v) is 7.92. The zero-order valence-electron chi connectivity index (χ0n) is 12.7. The Hall–Kier alpha value is -2.38. The van der Waals surface area contributed by atoms with Crippen molar-refractivity contribution >= 4 is 22.6 Å². The van der Waals surface area contributed by atoms with Crippen molar-refractivity contribution in [2.24, 2.45) is 0 Å². The van der Waals surface area contributed by atoms with Crippen molar-refractivity contribution < 1.29 is 34.9 Å². The first-order valence-electron chi connectivity index (χ1n) is 6.60. The van der Waals surface area contributed by atoms with Gasteiger partial charge in [0.05, 0.1) is 5.69 Å². The van der Waals surface area contributed by atoms with E-state index in [1.165, 1.54) is 6.92 Å². The summed E-state index contributed by atoms with van der Waals surface area (Å²) in [7, 11) is -2.59. The molecule has 0 saturated carbocycles. The van der Waals surface area contributed by atoms with Crippen LogP contribution in [0.15, 0.2) is 12.1 Å². The first-order chi connectivity index (χ1) is 11.8. The lowest BCUT2D eigenvalue weighted by atomic mass is 10.2. The molecule has 0 radical (unpaired) electrons. The number of hydrogen-bond acceptors (Lipinski definition) is 4. The molecule has 1 aromatic heterocycles. The fourth-order valence-corrected chi connectivity index (χ4v) is 2.70. The number of hydrogen-bond donors (Lipinski definition) is 2. The van der Waals surface area contributed by atoms with Gasteiger partial charge in [-0.15, -0.1) is 5.10 Å². The predicted molar refractivity (Wildman–Crippen MR) is 78.2 cm³/mol. The second kappa shape index (κ2) is 6.74. The Labute approximate surface area is 143 Å². The minimum atomic E-state index is -4.93. The molecule has 0 bridgehead atoms. The van der Waals surface area contributed by atoms with Crippen LogP contribution in [0.1, 0.15) is 11.4 Å². The third kappa shape index (κ3) is 4.62. The number of benzene rings is 1. The van der Waals surface area contributed by atoms with Gasteiger partial charge in [-0.1, -0.05) is 0 Å². The molecule has 0 amide bonds. The van der Waals surface area contributed by atoms with E-state index in [2.05, 4.69) is 10.1 Å². The van der Waals surface area contributed by atoms with E-state index < -0.39 is 52.4 Å². The molecule has 14 heteroatoms. The van der Waals surface area contributed by atoms with Crippen LogP contribution in [0.5, 0.6) is 0 Å². The van der Waals surface area contributed by atoms with E-state index in [1.807, 2.05) is 4.72 Å². The summed E-state index contributed by atoms with van der Waals surface area (Å²) in [6, 6.07) is 1.65. The molecule has 1 heterocycles. The second-order valence-electron chi connectivity index (χ2n) is 5.03. The van der Waals surface area contributed by atoms with Crippen LogP contribution in [-0.4, -0.2) is 30.9 Å². The zero-order valence-corrected chi connectivity index (χ0v) is 13.6. The Morgan fingerprint density at radius 3 is 2.35 bits per heavy atom. The Balaban J connectivity index is 2.43. The molecular formula is C12H10F7N5OS. The van der Waals surface area contributed by atoms with E-state index in [-0.39, 0.29) is 11.3 Å². The summed E-state index contributed by atoms with van der Waals surface area (Å²) in [5.41, 5.74) is 4.56. The van der Waals surface area contributed by atoms with Gasteiger partial charge in [-0.2, -0.15) is 36.0 Å². The quantitative estimate of drug-likeness (QED) is 0.766. The topological polar surface area (TPSA) is 85.8 Å². The van der Waals surface area contributed by atoms with Crippen molar-refractivity contribution in [3.8, 4) is 5.69 Å². The number of nitrogens with zero attached hydrogens (tertiary/aromatic N) is 3. The average molecular weight is 405 g/mol. The number of nitrogens with one attached hydrogen (secondary N) is 1. The molecule has 0 spiro atoms. The van der Waals surface area contributed by atoms with Gasteiger partial charge in [-0.3, -0.25) is 0 Å². The predicted octanol–water partition coefficient (Wildman–Crippen LogP) is 2.95. The van der Waals surface area contributed by atoms with Crippen LogP contribution in [0.3, 0.4) is 0 Å². The maximum atomic E-state index is 14.1. The molecule has 1 unspecified atom stereocenters. The minimum Gasteiger partial charge on any atom is -0.368 e. The van der Waals surface area contributed by atoms with E-state index in [4.69, 9.17) is 5.73 Å². The lowest BCUT2D eigenvalue weighted by Crippen LogP contribution is -2.23. The van der Waals surface area contributed by atoms with Crippen LogP contribution in [0, 0.1) is 12.7 Å². The van der Waals surface area contributed by atoms with Gasteiger partial charge in [-0.05, 0) is 24.6 Å². The molecule has 2 aromatic rings. The molecule has 0 aliphatic heterocycles. The van der Waals surface area contributed by atoms with Crippen LogP contribution in [-0.2, 0) is 17.2 Å². The van der Waals surface area contributed by atoms with Crippen molar-refractivity contribution in [3.05, 3.63) is 29.3 Å². The van der Waals surface area contributed by atoms with Gasteiger partial charge in [-0.25, -0.2) is 8.60 Å². The smallest absolute Gasteiger partial charge is 0.368 e. The fraction of sp³-hybridized carbons (Fsp3) is 0.333. The molecule has 3 N–H and O–H groups in total. The summed E-state index contributed by atoms with van der Waals surface area (Å²) in [5.74, 6) is -5.14. The third-order valence-electron chi connectivity index (χ3n) is 2.93. The highest BCUT2D eigenvalue weighted by molar-refractivity contribution is 7.86. The maximum absolute atomic E-state index is 14.1. The van der Waals surface area contributed by atoms with Crippen molar-refractivity contribution in [2.75, 3.05) is 16.2 Å². The van der Waals surface area contributed by atoms with Crippen LogP contribution in [0.4, 0.5) is 42.4 Å². The van der Waals surface area contributed by atoms with Gasteiger partial charge in [0.25, 0.3) is 5.82 Å². The number of aromatic nitrogens is 3. The Bertz CT molecular complexity index is 846. The number of nitrogens with two attached hydrogens (primary N) is 1. The van der Waals surface area contributed by atoms with E-state index in [0.717, 1.165) is 12.1 Å². The highest BCUT2D eigenvalue weighted by atomic mass is 32.2. The summed E-state index contributed by atoms with van der Waals surface area (Å²) < 4.78 is 103. The summed E-state index contributed by atoms with van der Waals surface area (Å²) in [6.45, 7) is 1.30. The highest BCUT2D eigenvalue weighted by Crippen LogP contribution is 2.30. The standard InChI is InChI=1S/C12H10F7N5OS/c1-5-2-6(13)8(3-7(5)23-26(25)4-11(14,15)16)24-10(20)21-9(22-24)12(17,18)19/h2-3,23H,4H2,1H3,(H2,20,21,22). The van der Waals surface area contributed by atoms with E-state index >= 15 is 0 Å². The summed E-state index contributed by atoms with van der Waals surface area (Å²) in [6.07, 6.45) is -9.65. The zero-order chi connectivity index (χ0) is 19.9. The van der Waals surface area contributed by atoms with Gasteiger partial charge >= 0.3 is 12.4 Å². The number of rotatable bonds is 4. The number of halogens is 7. The number of alkyl halides is 6. The second-order valence-corrected chi connectivity index (χ2v) is 6.21. The molecule has 1 aromatic carbocycles. The monoisotopic (exact) mass is 405 g/mol. The molecule has 0 aliphatic carbocycles. The van der Waals surface area contributed by atoms with Gasteiger partial charge in [0.2, 0.25) is 5.95 Å². The van der Waals surface area contributed by atoms with Crippen molar-refractivity contribution in [1.82, 2.24) is 14.8 Å². The van der Waals surface area contributed by atoms with Gasteiger partial charge < -0.3 is 10.5 Å². The number of nitrogen functional groups attached to an aromatic ring is 1. The van der Waals surface area contributed by atoms with Crippen molar-refractivity contribution in [1.29, 1.82) is 0 Å². The van der Waals surface area contributed by atoms with Crippen LogP contribution in [0.2, 0.25) is 0 Å². The van der Waals surface area contributed by atoms with Gasteiger partial charge in [0.1, 0.15) is 28.2 Å². The van der Waals surface area contributed by atoms with E-state index in [1.54, 1.807) is 0 Å². The number of aryl methyl sites for hydroxylation is 1. The first kappa shape index (κ1) is 19.9. The molecule has 26 heavy (non-hydrogen) atoms. The summed E-state index contributed by atoms with van der Waals surface area (Å²) >= 11 is 0. The third-order valence-corrected chi connectivity index (χ3v) is 3.96. The largest absolute Gasteiger partial charge is 0.453 e. The lowest BCUT2D eigenvalue weighted by molar-refractivity contribution is -0.144. The van der Waals surface area contributed by atoms with Gasteiger partial charge in [0, 0.05) is 0 Å². The van der Waals surface area contributed by atoms with Gasteiger partial charge in [0.15, 0.2) is 0 Å². The van der Waals surface area contributed by atoms with Crippen LogP contribution >= 0.6 is 0 Å². The Morgan fingerprint density at radius 2 is 1.85 bits per heavy atom. The highest BCUT2D eigenvalue weighted by Gasteiger charge is 2.37. The van der Waals surface area contributed by atoms with Crippen molar-refractivity contribution in [3.63, 3.8) is 0 Å². The normalized spacial score (nSPS) is 13.7. The SMILES string of the molecule is Cc1cc(F)c(-n2nc(C(F)(F)F)nc2N)cc1NS(=O)CC(F)(F)F. The van der Waals surface area contributed by atoms with E-state index in [0.29, 0.717) is 4.68 Å². The van der Waals surface area contributed by atoms with E-state index in [9.17, 15) is 34.9 Å². The lowest BCUT2D eigenvalue weighted by Gasteiger charge is -2.13. The fourth-order valence-electron chi connectivity index (χ4n) is 1.86. The Morgan fingerprint density at radius 1 is 1.23 bits per heavy atom. The molecule has 2 rings (SSSR count). The van der Waals surface area contributed by atoms with Crippen molar-refractivity contribution in [2.45, 2.75) is 19.3 Å². The molecule has 0 fully saturated rings. The average Bonchev–Trinajstić information content (AvgIpc) is 2.82. The molecule has 0 saturated heterocycles. The Kier molecular flexibility index (Phi) is 5.17. The molecular weight excluding hydrogens is 395 g/mol.